The molecule has 9 heavy (non-hydrogen) atoms. The highest BCUT2D eigenvalue weighted by Crippen LogP contribution is 1.96. The maximum absolute atomic E-state index is 10.2. The van der Waals surface area contributed by atoms with E-state index in [0.29, 0.717) is 6.42 Å². The van der Waals surface area contributed by atoms with Crippen molar-refractivity contribution in [3.8, 4) is 0 Å². The SMILES string of the molecule is NC(=O)CCC/C=C\I. The molecule has 0 bridgehead atoms. The van der Waals surface area contributed by atoms with Crippen LogP contribution in [0, 0.1) is 0 Å². The predicted molar refractivity (Wildman–Crippen MR) is 46.2 cm³/mol. The Labute approximate surface area is 68.6 Å². The summed E-state index contributed by atoms with van der Waals surface area (Å²) in [4.78, 5) is 10.2. The van der Waals surface area contributed by atoms with E-state index < -0.39 is 0 Å². The van der Waals surface area contributed by atoms with Crippen LogP contribution in [0.15, 0.2) is 10.2 Å². The van der Waals surface area contributed by atoms with Crippen LogP contribution in [0.4, 0.5) is 0 Å². The molecule has 0 aliphatic rings. The molecule has 0 rings (SSSR count). The molecular formula is C6H10INO. The molecule has 0 unspecified atom stereocenters. The van der Waals surface area contributed by atoms with Crippen molar-refractivity contribution < 1.29 is 4.79 Å². The highest BCUT2D eigenvalue weighted by atomic mass is 127. The van der Waals surface area contributed by atoms with Crippen LogP contribution in [0.5, 0.6) is 0 Å². The largest absolute Gasteiger partial charge is 0.370 e. The van der Waals surface area contributed by atoms with Gasteiger partial charge in [0.1, 0.15) is 0 Å². The van der Waals surface area contributed by atoms with Crippen molar-refractivity contribution in [2.75, 3.05) is 0 Å². The van der Waals surface area contributed by atoms with Crippen molar-refractivity contribution in [1.29, 1.82) is 0 Å². The van der Waals surface area contributed by atoms with Gasteiger partial charge in [-0.15, -0.1) is 0 Å². The zero-order valence-corrected chi connectivity index (χ0v) is 7.30. The summed E-state index contributed by atoms with van der Waals surface area (Å²) in [6, 6.07) is 0. The summed E-state index contributed by atoms with van der Waals surface area (Å²) in [6.07, 6.45) is 4.34. The number of carbonyl (C=O) groups excluding carboxylic acids is 1. The zero-order valence-electron chi connectivity index (χ0n) is 5.14. The second-order valence-electron chi connectivity index (χ2n) is 1.72. The molecule has 52 valence electrons. The van der Waals surface area contributed by atoms with Gasteiger partial charge in [0.25, 0.3) is 0 Å². The first-order valence-corrected chi connectivity index (χ1v) is 4.05. The Morgan fingerprint density at radius 1 is 1.67 bits per heavy atom. The molecule has 0 aromatic carbocycles. The van der Waals surface area contributed by atoms with E-state index in [2.05, 4.69) is 22.6 Å². The number of unbranched alkanes of at least 4 members (excludes halogenated alkanes) is 1. The van der Waals surface area contributed by atoms with Crippen LogP contribution in [0.25, 0.3) is 0 Å². The second-order valence-corrected chi connectivity index (χ2v) is 2.44. The smallest absolute Gasteiger partial charge is 0.217 e. The first kappa shape index (κ1) is 8.94. The minimum atomic E-state index is -0.211. The second kappa shape index (κ2) is 6.07. The predicted octanol–water partition coefficient (Wildman–Crippen LogP) is 1.59. The van der Waals surface area contributed by atoms with E-state index in [4.69, 9.17) is 5.73 Å². The number of allylic oxidation sites excluding steroid dienone is 1. The first-order chi connectivity index (χ1) is 4.27. The number of hydrogen-bond donors (Lipinski definition) is 1. The Bertz CT molecular complexity index is 112. The summed E-state index contributed by atoms with van der Waals surface area (Å²) in [5.74, 6) is -0.211. The monoisotopic (exact) mass is 239 g/mol. The summed E-state index contributed by atoms with van der Waals surface area (Å²) >= 11 is 2.15. The molecule has 2 nitrogen and oxygen atoms in total. The molecule has 0 aliphatic heterocycles. The fourth-order valence-corrected chi connectivity index (χ4v) is 0.817. The number of primary amides is 1. The Morgan fingerprint density at radius 2 is 2.33 bits per heavy atom. The Balaban J connectivity index is 3.01. The normalized spacial score (nSPS) is 10.3. The molecule has 3 heteroatoms. The van der Waals surface area contributed by atoms with E-state index in [0.717, 1.165) is 12.8 Å². The van der Waals surface area contributed by atoms with Crippen LogP contribution in [0.3, 0.4) is 0 Å². The van der Waals surface area contributed by atoms with Crippen molar-refractivity contribution in [3.05, 3.63) is 10.2 Å². The summed E-state index contributed by atoms with van der Waals surface area (Å²) in [5.41, 5.74) is 4.91. The lowest BCUT2D eigenvalue weighted by Gasteiger charge is -1.88. The zero-order chi connectivity index (χ0) is 7.11. The van der Waals surface area contributed by atoms with Crippen LogP contribution < -0.4 is 5.73 Å². The van der Waals surface area contributed by atoms with Crippen molar-refractivity contribution in [2.24, 2.45) is 5.73 Å². The lowest BCUT2D eigenvalue weighted by atomic mass is 10.2. The topological polar surface area (TPSA) is 43.1 Å². The lowest BCUT2D eigenvalue weighted by molar-refractivity contribution is -0.118. The summed E-state index contributed by atoms with van der Waals surface area (Å²) in [7, 11) is 0. The molecule has 0 fully saturated rings. The quantitative estimate of drug-likeness (QED) is 0.587. The van der Waals surface area contributed by atoms with Crippen LogP contribution >= 0.6 is 22.6 Å². The molecule has 0 aliphatic carbocycles. The fourth-order valence-electron chi connectivity index (χ4n) is 0.457. The maximum Gasteiger partial charge on any atom is 0.217 e. The number of halogens is 1. The maximum atomic E-state index is 10.2. The number of nitrogens with two attached hydrogens (primary N) is 1. The molecular weight excluding hydrogens is 229 g/mol. The van der Waals surface area contributed by atoms with Gasteiger partial charge in [-0.2, -0.15) is 0 Å². The van der Waals surface area contributed by atoms with E-state index in [1.165, 1.54) is 0 Å². The molecule has 0 aromatic heterocycles. The van der Waals surface area contributed by atoms with Crippen molar-refractivity contribution in [2.45, 2.75) is 19.3 Å². The van der Waals surface area contributed by atoms with Gasteiger partial charge in [-0.1, -0.05) is 28.7 Å². The molecule has 0 heterocycles. The molecule has 2 N–H and O–H groups in total. The molecule has 1 amide bonds. The highest BCUT2D eigenvalue weighted by Gasteiger charge is 1.89. The fraction of sp³-hybridized carbons (Fsp3) is 0.500. The first-order valence-electron chi connectivity index (χ1n) is 2.81. The van der Waals surface area contributed by atoms with Gasteiger partial charge in [0, 0.05) is 6.42 Å². The van der Waals surface area contributed by atoms with Gasteiger partial charge in [0.05, 0.1) is 0 Å². The van der Waals surface area contributed by atoms with Crippen molar-refractivity contribution in [1.82, 2.24) is 0 Å². The third kappa shape index (κ3) is 7.94. The summed E-state index contributed by atoms with van der Waals surface area (Å²) in [6.45, 7) is 0. The average Bonchev–Trinajstić information content (AvgIpc) is 1.80. The lowest BCUT2D eigenvalue weighted by Crippen LogP contribution is -2.09. The molecule has 0 saturated heterocycles. The third-order valence-corrected chi connectivity index (χ3v) is 1.39. The summed E-state index contributed by atoms with van der Waals surface area (Å²) < 4.78 is 1.94. The van der Waals surface area contributed by atoms with E-state index in [9.17, 15) is 4.79 Å². The molecule has 0 saturated carbocycles. The molecule has 0 radical (unpaired) electrons. The van der Waals surface area contributed by atoms with Gasteiger partial charge in [-0.3, -0.25) is 4.79 Å². The summed E-state index contributed by atoms with van der Waals surface area (Å²) in [5, 5.41) is 0. The molecule has 0 atom stereocenters. The van der Waals surface area contributed by atoms with E-state index in [-0.39, 0.29) is 5.91 Å². The van der Waals surface area contributed by atoms with Crippen molar-refractivity contribution >= 4 is 28.5 Å². The van der Waals surface area contributed by atoms with Gasteiger partial charge in [0.15, 0.2) is 0 Å². The van der Waals surface area contributed by atoms with Gasteiger partial charge in [-0.05, 0) is 16.9 Å². The number of amides is 1. The minimum absolute atomic E-state index is 0.211. The average molecular weight is 239 g/mol. The van der Waals surface area contributed by atoms with Gasteiger partial charge in [0.2, 0.25) is 5.91 Å². The number of rotatable bonds is 4. The Kier molecular flexibility index (Phi) is 6.03. The van der Waals surface area contributed by atoms with Gasteiger partial charge < -0.3 is 5.73 Å². The van der Waals surface area contributed by atoms with Crippen molar-refractivity contribution in [3.63, 3.8) is 0 Å². The standard InChI is InChI=1S/C6H10INO/c7-5-3-1-2-4-6(8)9/h3,5H,1-2,4H2,(H2,8,9)/b5-3-. The highest BCUT2D eigenvalue weighted by molar-refractivity contribution is 14.1. The Morgan fingerprint density at radius 3 is 2.78 bits per heavy atom. The van der Waals surface area contributed by atoms with Crippen LogP contribution in [-0.4, -0.2) is 5.91 Å². The number of carbonyl (C=O) groups is 1. The van der Waals surface area contributed by atoms with Crippen LogP contribution in [0.2, 0.25) is 0 Å². The molecule has 0 spiro atoms. The Hall–Kier alpha value is -0.0600. The minimum Gasteiger partial charge on any atom is -0.370 e. The van der Waals surface area contributed by atoms with E-state index >= 15 is 0 Å². The van der Waals surface area contributed by atoms with E-state index in [1.807, 2.05) is 10.2 Å². The van der Waals surface area contributed by atoms with Gasteiger partial charge >= 0.3 is 0 Å². The van der Waals surface area contributed by atoms with E-state index in [1.54, 1.807) is 0 Å². The van der Waals surface area contributed by atoms with Crippen LogP contribution in [0.1, 0.15) is 19.3 Å². The number of hydrogen-bond acceptors (Lipinski definition) is 1. The third-order valence-electron chi connectivity index (χ3n) is 0.883. The van der Waals surface area contributed by atoms with Crippen LogP contribution in [-0.2, 0) is 4.79 Å². The molecule has 0 aromatic rings. The van der Waals surface area contributed by atoms with Gasteiger partial charge in [-0.25, -0.2) is 0 Å².